The summed E-state index contributed by atoms with van der Waals surface area (Å²) >= 11 is 5.92. The SMILES string of the molecule is Cc1cc(C(=O)Nc2cccc(Cl)c2)ccc1NS(=O)(=O)c1ccccc1. The van der Waals surface area contributed by atoms with Crippen molar-refractivity contribution in [3.63, 3.8) is 0 Å². The van der Waals surface area contributed by atoms with Crippen LogP contribution in [0.2, 0.25) is 5.02 Å². The molecule has 0 atom stereocenters. The molecule has 2 N–H and O–H groups in total. The van der Waals surface area contributed by atoms with E-state index in [0.29, 0.717) is 27.5 Å². The zero-order chi connectivity index (χ0) is 19.4. The van der Waals surface area contributed by atoms with Gasteiger partial charge in [0, 0.05) is 16.3 Å². The van der Waals surface area contributed by atoms with Crippen molar-refractivity contribution >= 4 is 38.9 Å². The Morgan fingerprint density at radius 2 is 1.67 bits per heavy atom. The minimum absolute atomic E-state index is 0.173. The molecule has 3 rings (SSSR count). The van der Waals surface area contributed by atoms with Crippen LogP contribution in [0.3, 0.4) is 0 Å². The number of carbonyl (C=O) groups is 1. The number of carbonyl (C=O) groups excluding carboxylic acids is 1. The molecule has 3 aromatic rings. The van der Waals surface area contributed by atoms with Gasteiger partial charge in [-0.1, -0.05) is 35.9 Å². The quantitative estimate of drug-likeness (QED) is 0.651. The molecule has 1 amide bonds. The minimum atomic E-state index is -3.69. The van der Waals surface area contributed by atoms with Crippen molar-refractivity contribution in [1.82, 2.24) is 0 Å². The van der Waals surface area contributed by atoms with E-state index in [1.807, 2.05) is 0 Å². The number of sulfonamides is 1. The Kier molecular flexibility index (Phi) is 5.48. The van der Waals surface area contributed by atoms with Crippen LogP contribution in [0.4, 0.5) is 11.4 Å². The van der Waals surface area contributed by atoms with Gasteiger partial charge in [0.15, 0.2) is 0 Å². The summed E-state index contributed by atoms with van der Waals surface area (Å²) in [6, 6.07) is 19.7. The molecule has 0 aliphatic heterocycles. The summed E-state index contributed by atoms with van der Waals surface area (Å²) < 4.78 is 27.4. The number of halogens is 1. The Bertz CT molecular complexity index is 1080. The molecule has 0 spiro atoms. The van der Waals surface area contributed by atoms with Crippen molar-refractivity contribution < 1.29 is 13.2 Å². The van der Waals surface area contributed by atoms with Crippen LogP contribution >= 0.6 is 11.6 Å². The molecule has 0 fully saturated rings. The van der Waals surface area contributed by atoms with Crippen LogP contribution in [-0.2, 0) is 10.0 Å². The third kappa shape index (κ3) is 4.67. The lowest BCUT2D eigenvalue weighted by Gasteiger charge is -2.12. The molecule has 0 unspecified atom stereocenters. The second-order valence-electron chi connectivity index (χ2n) is 5.91. The molecule has 0 aliphatic rings. The lowest BCUT2D eigenvalue weighted by molar-refractivity contribution is 0.102. The van der Waals surface area contributed by atoms with Crippen LogP contribution < -0.4 is 10.0 Å². The molecule has 0 aromatic heterocycles. The molecule has 0 aliphatic carbocycles. The monoisotopic (exact) mass is 400 g/mol. The van der Waals surface area contributed by atoms with E-state index in [1.165, 1.54) is 12.1 Å². The number of nitrogens with one attached hydrogen (secondary N) is 2. The zero-order valence-electron chi connectivity index (χ0n) is 14.4. The Morgan fingerprint density at radius 1 is 0.926 bits per heavy atom. The van der Waals surface area contributed by atoms with E-state index in [9.17, 15) is 13.2 Å². The molecule has 0 saturated carbocycles. The molecule has 3 aromatic carbocycles. The van der Waals surface area contributed by atoms with Gasteiger partial charge in [-0.25, -0.2) is 8.42 Å². The summed E-state index contributed by atoms with van der Waals surface area (Å²) in [5.41, 5.74) is 2.04. The van der Waals surface area contributed by atoms with Gasteiger partial charge in [0.25, 0.3) is 15.9 Å². The fourth-order valence-corrected chi connectivity index (χ4v) is 3.83. The van der Waals surface area contributed by atoms with Gasteiger partial charge < -0.3 is 5.32 Å². The largest absolute Gasteiger partial charge is 0.322 e. The first-order valence-corrected chi connectivity index (χ1v) is 9.97. The molecule has 0 bridgehead atoms. The van der Waals surface area contributed by atoms with Gasteiger partial charge in [-0.15, -0.1) is 0 Å². The van der Waals surface area contributed by atoms with Crippen molar-refractivity contribution in [2.75, 3.05) is 10.0 Å². The van der Waals surface area contributed by atoms with Crippen LogP contribution in [0.25, 0.3) is 0 Å². The van der Waals surface area contributed by atoms with Gasteiger partial charge in [-0.05, 0) is 61.0 Å². The predicted octanol–water partition coefficient (Wildman–Crippen LogP) is 4.70. The first-order valence-electron chi connectivity index (χ1n) is 8.10. The van der Waals surface area contributed by atoms with Gasteiger partial charge in [0.1, 0.15) is 0 Å². The molecule has 7 heteroatoms. The van der Waals surface area contributed by atoms with E-state index in [1.54, 1.807) is 67.6 Å². The van der Waals surface area contributed by atoms with Crippen LogP contribution in [0.1, 0.15) is 15.9 Å². The van der Waals surface area contributed by atoms with Crippen LogP contribution in [0.15, 0.2) is 77.7 Å². The second-order valence-corrected chi connectivity index (χ2v) is 8.03. The van der Waals surface area contributed by atoms with E-state index in [0.717, 1.165) is 0 Å². The number of hydrogen-bond donors (Lipinski definition) is 2. The maximum Gasteiger partial charge on any atom is 0.261 e. The topological polar surface area (TPSA) is 75.3 Å². The molecule has 0 radical (unpaired) electrons. The summed E-state index contributed by atoms with van der Waals surface area (Å²) in [5, 5.41) is 3.28. The third-order valence-corrected chi connectivity index (χ3v) is 5.49. The normalized spacial score (nSPS) is 11.0. The van der Waals surface area contributed by atoms with Gasteiger partial charge >= 0.3 is 0 Å². The van der Waals surface area contributed by atoms with E-state index >= 15 is 0 Å². The highest BCUT2D eigenvalue weighted by atomic mass is 35.5. The lowest BCUT2D eigenvalue weighted by atomic mass is 10.1. The number of rotatable bonds is 5. The molecule has 138 valence electrons. The Labute approximate surface area is 163 Å². The average Bonchev–Trinajstić information content (AvgIpc) is 2.64. The number of hydrogen-bond acceptors (Lipinski definition) is 3. The Balaban J connectivity index is 1.78. The number of aryl methyl sites for hydroxylation is 1. The molecule has 0 heterocycles. The number of anilines is 2. The van der Waals surface area contributed by atoms with Crippen molar-refractivity contribution in [3.05, 3.63) is 88.9 Å². The molecule has 5 nitrogen and oxygen atoms in total. The highest BCUT2D eigenvalue weighted by Crippen LogP contribution is 2.22. The van der Waals surface area contributed by atoms with E-state index in [-0.39, 0.29) is 10.8 Å². The van der Waals surface area contributed by atoms with Gasteiger partial charge in [-0.2, -0.15) is 0 Å². The Hall–Kier alpha value is -2.83. The van der Waals surface area contributed by atoms with Gasteiger partial charge in [-0.3, -0.25) is 9.52 Å². The fourth-order valence-electron chi connectivity index (χ4n) is 2.49. The third-order valence-electron chi connectivity index (χ3n) is 3.87. The van der Waals surface area contributed by atoms with Crippen LogP contribution in [-0.4, -0.2) is 14.3 Å². The predicted molar refractivity (Wildman–Crippen MR) is 108 cm³/mol. The highest BCUT2D eigenvalue weighted by molar-refractivity contribution is 7.92. The lowest BCUT2D eigenvalue weighted by Crippen LogP contribution is -2.15. The standard InChI is InChI=1S/C20H17ClN2O3S/c1-14-12-15(20(24)22-17-7-5-6-16(21)13-17)10-11-19(14)23-27(25,26)18-8-3-2-4-9-18/h2-13,23H,1H3,(H,22,24). The maximum atomic E-state index is 12.4. The second kappa shape index (κ2) is 7.82. The summed E-state index contributed by atoms with van der Waals surface area (Å²) in [5.74, 6) is -0.308. The van der Waals surface area contributed by atoms with Gasteiger partial charge in [0.05, 0.1) is 10.6 Å². The average molecular weight is 401 g/mol. The minimum Gasteiger partial charge on any atom is -0.322 e. The number of amides is 1. The van der Waals surface area contributed by atoms with Crippen LogP contribution in [0, 0.1) is 6.92 Å². The van der Waals surface area contributed by atoms with E-state index in [2.05, 4.69) is 10.0 Å². The number of benzene rings is 3. The summed E-state index contributed by atoms with van der Waals surface area (Å²) in [7, 11) is -3.69. The molecular weight excluding hydrogens is 384 g/mol. The van der Waals surface area contributed by atoms with Gasteiger partial charge in [0.2, 0.25) is 0 Å². The van der Waals surface area contributed by atoms with E-state index in [4.69, 9.17) is 11.6 Å². The first-order chi connectivity index (χ1) is 12.8. The first kappa shape index (κ1) is 18.9. The summed E-state index contributed by atoms with van der Waals surface area (Å²) in [6.07, 6.45) is 0. The van der Waals surface area contributed by atoms with Crippen molar-refractivity contribution in [1.29, 1.82) is 0 Å². The zero-order valence-corrected chi connectivity index (χ0v) is 16.0. The van der Waals surface area contributed by atoms with Crippen LogP contribution in [0.5, 0.6) is 0 Å². The molecular formula is C20H17ClN2O3S. The fraction of sp³-hybridized carbons (Fsp3) is 0.0500. The summed E-state index contributed by atoms with van der Waals surface area (Å²) in [6.45, 7) is 1.74. The smallest absolute Gasteiger partial charge is 0.261 e. The summed E-state index contributed by atoms with van der Waals surface area (Å²) in [4.78, 5) is 12.6. The van der Waals surface area contributed by atoms with Crippen molar-refractivity contribution in [2.45, 2.75) is 11.8 Å². The van der Waals surface area contributed by atoms with Crippen molar-refractivity contribution in [2.24, 2.45) is 0 Å². The van der Waals surface area contributed by atoms with E-state index < -0.39 is 10.0 Å². The maximum absolute atomic E-state index is 12.4. The van der Waals surface area contributed by atoms with Crippen molar-refractivity contribution in [3.8, 4) is 0 Å². The highest BCUT2D eigenvalue weighted by Gasteiger charge is 2.16. The molecule has 0 saturated heterocycles. The molecule has 27 heavy (non-hydrogen) atoms. The Morgan fingerprint density at radius 3 is 2.33 bits per heavy atom.